The first kappa shape index (κ1) is 19.2. The number of carbonyl (C=O) groups is 1. The molecular weight excluding hydrogens is 354 g/mol. The van der Waals surface area contributed by atoms with E-state index in [4.69, 9.17) is 4.74 Å². The molecule has 0 radical (unpaired) electrons. The summed E-state index contributed by atoms with van der Waals surface area (Å²) in [5.74, 6) is 1.01. The van der Waals surface area contributed by atoms with E-state index in [-0.39, 0.29) is 11.6 Å². The summed E-state index contributed by atoms with van der Waals surface area (Å²) in [5.41, 5.74) is 3.15. The number of para-hydroxylation sites is 1. The summed E-state index contributed by atoms with van der Waals surface area (Å²) in [6.07, 6.45) is 0. The van der Waals surface area contributed by atoms with Gasteiger partial charge in [-0.1, -0.05) is 18.2 Å². The maximum absolute atomic E-state index is 12.3. The van der Waals surface area contributed by atoms with Gasteiger partial charge >= 0.3 is 0 Å². The van der Waals surface area contributed by atoms with Gasteiger partial charge in [-0.3, -0.25) is 4.79 Å². The predicted molar refractivity (Wildman–Crippen MR) is 110 cm³/mol. The molecule has 28 heavy (non-hydrogen) atoms. The third kappa shape index (κ3) is 4.76. The molecule has 0 aliphatic rings. The topological polar surface area (TPSA) is 79.4 Å². The average Bonchev–Trinajstić information content (AvgIpc) is 2.73. The Morgan fingerprint density at radius 1 is 1.00 bits per heavy atom. The van der Waals surface area contributed by atoms with Gasteiger partial charge in [-0.15, -0.1) is 10.2 Å². The molecule has 144 valence electrons. The van der Waals surface area contributed by atoms with E-state index in [0.717, 1.165) is 22.7 Å². The largest absolute Gasteiger partial charge is 0.496 e. The zero-order valence-corrected chi connectivity index (χ0v) is 16.1. The second-order valence-electron chi connectivity index (χ2n) is 6.36. The number of aromatic nitrogens is 2. The van der Waals surface area contributed by atoms with Crippen LogP contribution in [0.15, 0.2) is 60.7 Å². The minimum Gasteiger partial charge on any atom is -0.496 e. The number of benzene rings is 2. The second kappa shape index (κ2) is 8.85. The number of ether oxygens (including phenoxy) is 1. The van der Waals surface area contributed by atoms with Crippen LogP contribution in [0.4, 0.5) is 17.2 Å². The van der Waals surface area contributed by atoms with Crippen LogP contribution in [0.1, 0.15) is 16.1 Å². The number of hydrogen-bond donors (Lipinski definition) is 2. The van der Waals surface area contributed by atoms with Gasteiger partial charge in [0.1, 0.15) is 5.75 Å². The Morgan fingerprint density at radius 3 is 2.39 bits per heavy atom. The van der Waals surface area contributed by atoms with Crippen LogP contribution in [0.2, 0.25) is 0 Å². The summed E-state index contributed by atoms with van der Waals surface area (Å²) < 4.78 is 5.29. The lowest BCUT2D eigenvalue weighted by atomic mass is 10.2. The van der Waals surface area contributed by atoms with Crippen LogP contribution in [-0.2, 0) is 6.54 Å². The molecule has 3 aromatic rings. The number of anilines is 3. The van der Waals surface area contributed by atoms with Crippen molar-refractivity contribution in [1.82, 2.24) is 15.5 Å². The number of carbonyl (C=O) groups excluding carboxylic acids is 1. The van der Waals surface area contributed by atoms with Gasteiger partial charge in [-0.25, -0.2) is 0 Å². The van der Waals surface area contributed by atoms with E-state index < -0.39 is 0 Å². The van der Waals surface area contributed by atoms with Crippen LogP contribution >= 0.6 is 0 Å². The van der Waals surface area contributed by atoms with Crippen LogP contribution < -0.4 is 20.3 Å². The van der Waals surface area contributed by atoms with Gasteiger partial charge in [0, 0.05) is 37.6 Å². The number of rotatable bonds is 7. The fourth-order valence-corrected chi connectivity index (χ4v) is 2.63. The molecule has 1 heterocycles. The van der Waals surface area contributed by atoms with E-state index in [9.17, 15) is 4.79 Å². The molecule has 0 saturated heterocycles. The van der Waals surface area contributed by atoms with E-state index in [0.29, 0.717) is 12.4 Å². The van der Waals surface area contributed by atoms with Gasteiger partial charge in [0.15, 0.2) is 11.5 Å². The first-order valence-corrected chi connectivity index (χ1v) is 8.85. The molecule has 0 fully saturated rings. The van der Waals surface area contributed by atoms with Crippen LogP contribution in [0, 0.1) is 0 Å². The van der Waals surface area contributed by atoms with Crippen molar-refractivity contribution in [2.75, 3.05) is 31.4 Å². The Bertz CT molecular complexity index is 924. The van der Waals surface area contributed by atoms with Crippen molar-refractivity contribution in [3.8, 4) is 5.75 Å². The maximum atomic E-state index is 12.3. The highest BCUT2D eigenvalue weighted by Gasteiger charge is 2.10. The molecule has 1 amide bonds. The summed E-state index contributed by atoms with van der Waals surface area (Å²) in [4.78, 5) is 14.3. The summed E-state index contributed by atoms with van der Waals surface area (Å²) >= 11 is 0. The minimum atomic E-state index is -0.291. The van der Waals surface area contributed by atoms with E-state index in [1.165, 1.54) is 0 Å². The van der Waals surface area contributed by atoms with Gasteiger partial charge < -0.3 is 20.3 Å². The summed E-state index contributed by atoms with van der Waals surface area (Å²) in [7, 11) is 5.59. The van der Waals surface area contributed by atoms with Crippen LogP contribution in [0.25, 0.3) is 0 Å². The van der Waals surface area contributed by atoms with Crippen LogP contribution in [0.3, 0.4) is 0 Å². The Hall–Kier alpha value is -3.61. The maximum Gasteiger partial charge on any atom is 0.272 e. The zero-order chi connectivity index (χ0) is 19.9. The molecule has 0 bridgehead atoms. The number of nitrogens with one attached hydrogen (secondary N) is 2. The molecular formula is C21H23N5O2. The summed E-state index contributed by atoms with van der Waals surface area (Å²) in [5, 5.41) is 14.1. The molecule has 0 spiro atoms. The molecule has 0 aliphatic carbocycles. The quantitative estimate of drug-likeness (QED) is 0.658. The van der Waals surface area contributed by atoms with E-state index in [1.54, 1.807) is 19.2 Å². The van der Waals surface area contributed by atoms with E-state index in [1.807, 2.05) is 67.5 Å². The highest BCUT2D eigenvalue weighted by atomic mass is 16.5. The smallest absolute Gasteiger partial charge is 0.272 e. The molecule has 1 aromatic heterocycles. The molecule has 0 atom stereocenters. The molecule has 0 saturated carbocycles. The number of hydrogen-bond acceptors (Lipinski definition) is 6. The highest BCUT2D eigenvalue weighted by Crippen LogP contribution is 2.19. The predicted octanol–water partition coefficient (Wildman–Crippen LogP) is 3.22. The van der Waals surface area contributed by atoms with E-state index >= 15 is 0 Å². The Balaban J connectivity index is 1.59. The molecule has 7 nitrogen and oxygen atoms in total. The lowest BCUT2D eigenvalue weighted by molar-refractivity contribution is 0.0944. The average molecular weight is 377 g/mol. The molecule has 2 N–H and O–H groups in total. The fourth-order valence-electron chi connectivity index (χ4n) is 2.63. The standard InChI is InChI=1S/C21H23N5O2/c1-26(2)17-10-8-16(9-11-17)23-20-13-12-18(24-25-20)21(27)22-14-15-6-4-5-7-19(15)28-3/h4-13H,14H2,1-3H3,(H,22,27)(H,23,25). The van der Waals surface area contributed by atoms with Crippen molar-refractivity contribution in [2.24, 2.45) is 0 Å². The van der Waals surface area contributed by atoms with E-state index in [2.05, 4.69) is 20.8 Å². The van der Waals surface area contributed by atoms with Gasteiger partial charge in [0.25, 0.3) is 5.91 Å². The lowest BCUT2D eigenvalue weighted by Gasteiger charge is -2.13. The van der Waals surface area contributed by atoms with Crippen molar-refractivity contribution < 1.29 is 9.53 Å². The third-order valence-corrected chi connectivity index (χ3v) is 4.19. The van der Waals surface area contributed by atoms with Gasteiger partial charge in [0.05, 0.1) is 7.11 Å². The van der Waals surface area contributed by atoms with Gasteiger partial charge in [0.2, 0.25) is 0 Å². The lowest BCUT2D eigenvalue weighted by Crippen LogP contribution is -2.24. The van der Waals surface area contributed by atoms with Crippen molar-refractivity contribution in [2.45, 2.75) is 6.54 Å². The summed E-state index contributed by atoms with van der Waals surface area (Å²) in [6, 6.07) is 18.9. The molecule has 0 aliphatic heterocycles. The Kier molecular flexibility index (Phi) is 6.06. The Morgan fingerprint density at radius 2 is 1.75 bits per heavy atom. The fraction of sp³-hybridized carbons (Fsp3) is 0.190. The minimum absolute atomic E-state index is 0.253. The molecule has 0 unspecified atom stereocenters. The third-order valence-electron chi connectivity index (χ3n) is 4.19. The SMILES string of the molecule is COc1ccccc1CNC(=O)c1ccc(Nc2ccc(N(C)C)cc2)nn1. The summed E-state index contributed by atoms with van der Waals surface area (Å²) in [6.45, 7) is 0.350. The first-order chi connectivity index (χ1) is 13.6. The van der Waals surface area contributed by atoms with Crippen molar-refractivity contribution >= 4 is 23.1 Å². The zero-order valence-electron chi connectivity index (χ0n) is 16.1. The van der Waals surface area contributed by atoms with Crippen molar-refractivity contribution in [3.63, 3.8) is 0 Å². The molecule has 2 aromatic carbocycles. The normalized spacial score (nSPS) is 10.2. The van der Waals surface area contributed by atoms with Crippen LogP contribution in [-0.4, -0.2) is 37.3 Å². The number of amides is 1. The Labute approximate surface area is 164 Å². The first-order valence-electron chi connectivity index (χ1n) is 8.85. The van der Waals surface area contributed by atoms with Gasteiger partial charge in [-0.2, -0.15) is 0 Å². The van der Waals surface area contributed by atoms with Gasteiger partial charge in [-0.05, 0) is 42.5 Å². The van der Waals surface area contributed by atoms with Crippen LogP contribution in [0.5, 0.6) is 5.75 Å². The monoisotopic (exact) mass is 377 g/mol. The second-order valence-corrected chi connectivity index (χ2v) is 6.36. The number of nitrogens with zero attached hydrogens (tertiary/aromatic N) is 3. The van der Waals surface area contributed by atoms with Crippen molar-refractivity contribution in [3.05, 3.63) is 71.9 Å². The molecule has 7 heteroatoms. The highest BCUT2D eigenvalue weighted by molar-refractivity contribution is 5.92. The number of methoxy groups -OCH3 is 1. The van der Waals surface area contributed by atoms with Crippen molar-refractivity contribution in [1.29, 1.82) is 0 Å². The molecule has 3 rings (SSSR count).